The Bertz CT molecular complexity index is 662. The van der Waals surface area contributed by atoms with Crippen molar-refractivity contribution in [3.8, 4) is 11.4 Å². The van der Waals surface area contributed by atoms with Crippen LogP contribution in [0.4, 0.5) is 5.95 Å². The molecule has 1 aliphatic rings. The first kappa shape index (κ1) is 10.7. The Labute approximate surface area is 102 Å². The molecule has 0 aliphatic heterocycles. The van der Waals surface area contributed by atoms with Gasteiger partial charge >= 0.3 is 5.97 Å². The largest absolute Gasteiger partial charge is 0.477 e. The van der Waals surface area contributed by atoms with E-state index in [-0.39, 0.29) is 11.6 Å². The fourth-order valence-corrected chi connectivity index (χ4v) is 2.34. The summed E-state index contributed by atoms with van der Waals surface area (Å²) in [6.45, 7) is 1.87. The van der Waals surface area contributed by atoms with Crippen molar-refractivity contribution in [3.05, 3.63) is 22.5 Å². The maximum absolute atomic E-state index is 11.1. The second-order valence-electron chi connectivity index (χ2n) is 4.23. The predicted octanol–water partition coefficient (Wildman–Crippen LogP) is 0.554. The van der Waals surface area contributed by atoms with E-state index < -0.39 is 5.97 Å². The summed E-state index contributed by atoms with van der Waals surface area (Å²) < 4.78 is 0. The minimum Gasteiger partial charge on any atom is -0.477 e. The summed E-state index contributed by atoms with van der Waals surface area (Å²) in [6, 6.07) is 0. The van der Waals surface area contributed by atoms with Crippen LogP contribution in [0.15, 0.2) is 0 Å². The van der Waals surface area contributed by atoms with Gasteiger partial charge in [0.25, 0.3) is 0 Å². The van der Waals surface area contributed by atoms with Gasteiger partial charge in [-0.25, -0.2) is 14.8 Å². The van der Waals surface area contributed by atoms with Crippen LogP contribution in [0.3, 0.4) is 0 Å². The number of rotatable bonds is 1. The zero-order valence-corrected chi connectivity index (χ0v) is 9.69. The van der Waals surface area contributed by atoms with Crippen LogP contribution in [0, 0.1) is 6.92 Å². The van der Waals surface area contributed by atoms with Crippen LogP contribution in [0.1, 0.15) is 27.3 Å². The first-order chi connectivity index (χ1) is 8.58. The molecule has 2 aromatic rings. The van der Waals surface area contributed by atoms with Crippen LogP contribution >= 0.6 is 0 Å². The zero-order chi connectivity index (χ0) is 12.9. The van der Waals surface area contributed by atoms with E-state index in [1.165, 1.54) is 0 Å². The molecule has 0 saturated carbocycles. The monoisotopic (exact) mass is 245 g/mol. The van der Waals surface area contributed by atoms with Crippen molar-refractivity contribution >= 4 is 11.9 Å². The van der Waals surface area contributed by atoms with Crippen molar-refractivity contribution in [2.45, 2.75) is 19.8 Å². The van der Waals surface area contributed by atoms with E-state index in [2.05, 4.69) is 20.2 Å². The lowest BCUT2D eigenvalue weighted by Gasteiger charge is -2.16. The van der Waals surface area contributed by atoms with E-state index >= 15 is 0 Å². The Balaban J connectivity index is 2.26. The fourth-order valence-electron chi connectivity index (χ4n) is 2.34. The number of nitrogens with zero attached hydrogens (tertiary/aromatic N) is 3. The lowest BCUT2D eigenvalue weighted by atomic mass is 9.91. The third-order valence-corrected chi connectivity index (χ3v) is 3.16. The number of hydrogen-bond donors (Lipinski definition) is 3. The number of fused-ring (bicyclic) bond motifs is 3. The smallest absolute Gasteiger partial charge is 0.354 e. The van der Waals surface area contributed by atoms with Crippen LogP contribution in [-0.2, 0) is 12.8 Å². The predicted molar refractivity (Wildman–Crippen MR) is 63.1 cm³/mol. The van der Waals surface area contributed by atoms with Crippen LogP contribution in [0.5, 0.6) is 0 Å². The number of carboxylic acid groups (broad SMARTS) is 1. The van der Waals surface area contributed by atoms with Gasteiger partial charge in [0.15, 0.2) is 0 Å². The molecule has 0 atom stereocenters. The van der Waals surface area contributed by atoms with Gasteiger partial charge < -0.3 is 10.8 Å². The van der Waals surface area contributed by atoms with Crippen molar-refractivity contribution < 1.29 is 9.90 Å². The minimum absolute atomic E-state index is 0.130. The number of carbonyl (C=O) groups is 1. The minimum atomic E-state index is -1.01. The average molecular weight is 245 g/mol. The second-order valence-corrected chi connectivity index (χ2v) is 4.23. The fraction of sp³-hybridized carbons (Fsp3) is 0.273. The lowest BCUT2D eigenvalue weighted by molar-refractivity contribution is 0.0689. The highest BCUT2D eigenvalue weighted by Crippen LogP contribution is 2.33. The molecule has 7 nitrogen and oxygen atoms in total. The molecule has 0 saturated heterocycles. The van der Waals surface area contributed by atoms with Gasteiger partial charge in [-0.15, -0.1) is 0 Å². The molecule has 0 bridgehead atoms. The molecule has 18 heavy (non-hydrogen) atoms. The van der Waals surface area contributed by atoms with Crippen LogP contribution in [0.2, 0.25) is 0 Å². The van der Waals surface area contributed by atoms with E-state index in [1.54, 1.807) is 0 Å². The van der Waals surface area contributed by atoms with Crippen molar-refractivity contribution in [2.24, 2.45) is 0 Å². The maximum atomic E-state index is 11.1. The molecule has 0 spiro atoms. The Morgan fingerprint density at radius 2 is 2.00 bits per heavy atom. The van der Waals surface area contributed by atoms with E-state index in [0.717, 1.165) is 11.3 Å². The topological polar surface area (TPSA) is 118 Å². The van der Waals surface area contributed by atoms with Crippen LogP contribution in [0.25, 0.3) is 11.4 Å². The van der Waals surface area contributed by atoms with Crippen molar-refractivity contribution in [2.75, 3.05) is 5.73 Å². The van der Waals surface area contributed by atoms with Gasteiger partial charge in [-0.05, 0) is 19.8 Å². The Hall–Kier alpha value is -2.44. The van der Waals surface area contributed by atoms with Crippen LogP contribution in [-0.4, -0.2) is 31.2 Å². The zero-order valence-electron chi connectivity index (χ0n) is 9.69. The van der Waals surface area contributed by atoms with E-state index in [1.807, 2.05) is 6.92 Å². The van der Waals surface area contributed by atoms with Crippen molar-refractivity contribution in [3.63, 3.8) is 0 Å². The number of aromatic carboxylic acids is 1. The Kier molecular flexibility index (Phi) is 2.09. The summed E-state index contributed by atoms with van der Waals surface area (Å²) in [7, 11) is 0. The molecular formula is C11H11N5O2. The number of aromatic nitrogens is 4. The molecule has 0 radical (unpaired) electrons. The molecule has 0 unspecified atom stereocenters. The Morgan fingerprint density at radius 1 is 1.28 bits per heavy atom. The summed E-state index contributed by atoms with van der Waals surface area (Å²) >= 11 is 0. The van der Waals surface area contributed by atoms with Gasteiger partial charge in [-0.2, -0.15) is 5.10 Å². The van der Waals surface area contributed by atoms with Crippen molar-refractivity contribution in [1.29, 1.82) is 0 Å². The lowest BCUT2D eigenvalue weighted by Crippen LogP contribution is -2.12. The van der Waals surface area contributed by atoms with Gasteiger partial charge in [0.2, 0.25) is 5.95 Å². The summed E-state index contributed by atoms with van der Waals surface area (Å²) in [6.07, 6.45) is 1.32. The first-order valence-electron chi connectivity index (χ1n) is 5.52. The number of anilines is 1. The number of carboxylic acids is 1. The molecule has 3 rings (SSSR count). The molecule has 1 aliphatic carbocycles. The molecular weight excluding hydrogens is 234 g/mol. The van der Waals surface area contributed by atoms with Gasteiger partial charge in [0.1, 0.15) is 11.4 Å². The van der Waals surface area contributed by atoms with E-state index in [4.69, 9.17) is 10.8 Å². The Morgan fingerprint density at radius 3 is 2.72 bits per heavy atom. The first-order valence-corrected chi connectivity index (χ1v) is 5.52. The molecule has 0 aromatic carbocycles. The number of hydrogen-bond acceptors (Lipinski definition) is 5. The number of nitrogens with one attached hydrogen (secondary N) is 1. The third-order valence-electron chi connectivity index (χ3n) is 3.16. The summed E-state index contributed by atoms with van der Waals surface area (Å²) in [5.41, 5.74) is 9.47. The standard InChI is InChI=1S/C11H11N5O2/c1-4-5-2-3-6-8(7(5)14-11(12)13-4)15-16-9(6)10(17)18/h2-3H2,1H3,(H,15,16)(H,17,18)(H2,12,13,14). The third kappa shape index (κ3) is 1.37. The highest BCUT2D eigenvalue weighted by Gasteiger charge is 2.27. The number of nitrogen functional groups attached to an aromatic ring is 1. The summed E-state index contributed by atoms with van der Waals surface area (Å²) in [4.78, 5) is 19.3. The second kappa shape index (κ2) is 3.52. The summed E-state index contributed by atoms with van der Waals surface area (Å²) in [5, 5.41) is 15.7. The van der Waals surface area contributed by atoms with E-state index in [0.29, 0.717) is 29.8 Å². The molecule has 2 heterocycles. The summed E-state index contributed by atoms with van der Waals surface area (Å²) in [5.74, 6) is -0.829. The number of H-pyrrole nitrogens is 1. The molecule has 4 N–H and O–H groups in total. The molecule has 92 valence electrons. The normalized spacial score (nSPS) is 12.9. The average Bonchev–Trinajstić information content (AvgIpc) is 2.72. The number of aromatic amines is 1. The molecule has 0 amide bonds. The van der Waals surface area contributed by atoms with Crippen LogP contribution < -0.4 is 5.73 Å². The highest BCUT2D eigenvalue weighted by molar-refractivity contribution is 5.90. The SMILES string of the molecule is Cc1nc(N)nc2c1CCc1c-2n[nH]c1C(=O)O. The number of nitrogens with two attached hydrogens (primary N) is 1. The van der Waals surface area contributed by atoms with Gasteiger partial charge in [-0.3, -0.25) is 5.10 Å². The van der Waals surface area contributed by atoms with Gasteiger partial charge in [-0.1, -0.05) is 0 Å². The maximum Gasteiger partial charge on any atom is 0.354 e. The highest BCUT2D eigenvalue weighted by atomic mass is 16.4. The quantitative estimate of drug-likeness (QED) is 0.675. The van der Waals surface area contributed by atoms with E-state index in [9.17, 15) is 4.79 Å². The molecule has 0 fully saturated rings. The molecule has 7 heteroatoms. The van der Waals surface area contributed by atoms with Gasteiger partial charge in [0, 0.05) is 16.8 Å². The number of aryl methyl sites for hydroxylation is 1. The van der Waals surface area contributed by atoms with Gasteiger partial charge in [0.05, 0.1) is 5.69 Å². The molecule has 2 aromatic heterocycles. The van der Waals surface area contributed by atoms with Crippen molar-refractivity contribution in [1.82, 2.24) is 20.2 Å².